The summed E-state index contributed by atoms with van der Waals surface area (Å²) in [6, 6.07) is 3.58. The van der Waals surface area contributed by atoms with Crippen LogP contribution in [0.15, 0.2) is 24.5 Å². The van der Waals surface area contributed by atoms with Crippen LogP contribution in [0.5, 0.6) is 5.75 Å². The van der Waals surface area contributed by atoms with E-state index in [0.717, 1.165) is 0 Å². The molecule has 1 aromatic carbocycles. The van der Waals surface area contributed by atoms with Crippen molar-refractivity contribution in [1.29, 1.82) is 0 Å². The van der Waals surface area contributed by atoms with Gasteiger partial charge in [0, 0.05) is 43.8 Å². The third kappa shape index (κ3) is 3.49. The quantitative estimate of drug-likeness (QED) is 0.371. The molecule has 1 aliphatic rings. The minimum atomic E-state index is -0.385. The molecule has 0 spiro atoms. The summed E-state index contributed by atoms with van der Waals surface area (Å²) in [6.45, 7) is 2.59. The molecule has 27 heavy (non-hydrogen) atoms. The number of nitrogens with zero attached hydrogens (tertiary/aromatic N) is 1. The van der Waals surface area contributed by atoms with Gasteiger partial charge in [0.05, 0.1) is 28.5 Å². The number of rotatable bonds is 8. The number of aromatic nitrogens is 1. The predicted molar refractivity (Wildman–Crippen MR) is 104 cm³/mol. The number of benzene rings is 1. The second-order valence-electron chi connectivity index (χ2n) is 6.21. The Balaban J connectivity index is 2.11. The number of pyridine rings is 1. The molecule has 3 rings (SSSR count). The molecule has 142 valence electrons. The minimum absolute atomic E-state index is 0.00606. The van der Waals surface area contributed by atoms with Gasteiger partial charge in [-0.1, -0.05) is 0 Å². The zero-order valence-electron chi connectivity index (χ0n) is 15.3. The zero-order valence-corrected chi connectivity index (χ0v) is 15.3. The van der Waals surface area contributed by atoms with E-state index >= 15 is 0 Å². The highest BCUT2D eigenvalue weighted by atomic mass is 16.3. The van der Waals surface area contributed by atoms with Crippen LogP contribution in [0.3, 0.4) is 0 Å². The molecule has 8 heteroatoms. The molecule has 0 unspecified atom stereocenters. The van der Waals surface area contributed by atoms with E-state index < -0.39 is 0 Å². The van der Waals surface area contributed by atoms with Gasteiger partial charge in [-0.15, -0.1) is 0 Å². The highest BCUT2D eigenvalue weighted by molar-refractivity contribution is 6.32. The molecular weight excluding hydrogens is 346 g/mol. The molecule has 1 heterocycles. The Bertz CT molecular complexity index is 882. The van der Waals surface area contributed by atoms with E-state index in [9.17, 15) is 14.7 Å². The molecule has 0 aliphatic heterocycles. The number of hydrogen-bond donors (Lipinski definition) is 5. The van der Waals surface area contributed by atoms with E-state index in [-0.39, 0.29) is 34.0 Å². The van der Waals surface area contributed by atoms with E-state index in [1.807, 2.05) is 14.1 Å². The number of anilines is 2. The molecule has 0 fully saturated rings. The number of ketones is 2. The lowest BCUT2D eigenvalue weighted by molar-refractivity contribution is 0.0977. The first-order chi connectivity index (χ1) is 13.1. The average Bonchev–Trinajstić information content (AvgIpc) is 2.66. The summed E-state index contributed by atoms with van der Waals surface area (Å²) in [5, 5.41) is 22.6. The Morgan fingerprint density at radius 1 is 0.815 bits per heavy atom. The number of likely N-dealkylation sites (N-methyl/N-ethyl adjacent to an activating group) is 2. The number of carbonyl (C=O) groups excluding carboxylic acids is 2. The topological polar surface area (TPSA) is 115 Å². The molecule has 1 aliphatic carbocycles. The van der Waals surface area contributed by atoms with Gasteiger partial charge in [0.25, 0.3) is 0 Å². The Kier molecular flexibility index (Phi) is 5.68. The van der Waals surface area contributed by atoms with Gasteiger partial charge in [-0.25, -0.2) is 0 Å². The van der Waals surface area contributed by atoms with E-state index in [1.165, 1.54) is 12.4 Å². The fourth-order valence-corrected chi connectivity index (χ4v) is 3.13. The van der Waals surface area contributed by atoms with Gasteiger partial charge < -0.3 is 26.4 Å². The van der Waals surface area contributed by atoms with E-state index in [0.29, 0.717) is 43.1 Å². The van der Waals surface area contributed by atoms with Gasteiger partial charge in [-0.05, 0) is 26.2 Å². The number of fused-ring (bicyclic) bond motifs is 2. The maximum Gasteiger partial charge on any atom is 0.200 e. The number of carbonyl (C=O) groups is 2. The van der Waals surface area contributed by atoms with Gasteiger partial charge >= 0.3 is 0 Å². The SMILES string of the molecule is CNCCNc1ccc(NCCNC)c2c1C(=O)c1cncc(O)c1C2=O. The van der Waals surface area contributed by atoms with Crippen molar-refractivity contribution >= 4 is 22.9 Å². The van der Waals surface area contributed by atoms with E-state index in [4.69, 9.17) is 0 Å². The van der Waals surface area contributed by atoms with Crippen molar-refractivity contribution in [2.75, 3.05) is 50.9 Å². The monoisotopic (exact) mass is 369 g/mol. The molecule has 0 radical (unpaired) electrons. The molecule has 0 saturated heterocycles. The first kappa shape index (κ1) is 18.8. The van der Waals surface area contributed by atoms with Crippen LogP contribution in [0.2, 0.25) is 0 Å². The van der Waals surface area contributed by atoms with Crippen molar-refractivity contribution in [3.8, 4) is 5.75 Å². The average molecular weight is 369 g/mol. The number of aromatic hydroxyl groups is 1. The lowest BCUT2D eigenvalue weighted by Crippen LogP contribution is -2.27. The highest BCUT2D eigenvalue weighted by Gasteiger charge is 2.36. The van der Waals surface area contributed by atoms with Gasteiger partial charge in [-0.3, -0.25) is 14.6 Å². The summed E-state index contributed by atoms with van der Waals surface area (Å²) in [5.41, 5.74) is 1.87. The van der Waals surface area contributed by atoms with E-state index in [2.05, 4.69) is 26.3 Å². The van der Waals surface area contributed by atoms with E-state index in [1.54, 1.807) is 12.1 Å². The Morgan fingerprint density at radius 2 is 1.37 bits per heavy atom. The Morgan fingerprint density at radius 3 is 1.93 bits per heavy atom. The minimum Gasteiger partial charge on any atom is -0.506 e. The Hall–Kier alpha value is -2.97. The fraction of sp³-hybridized carbons (Fsp3) is 0.316. The van der Waals surface area contributed by atoms with Crippen LogP contribution >= 0.6 is 0 Å². The molecule has 0 bridgehead atoms. The van der Waals surface area contributed by atoms with Crippen molar-refractivity contribution in [2.24, 2.45) is 0 Å². The van der Waals surface area contributed by atoms with Crippen LogP contribution in [0.25, 0.3) is 0 Å². The Labute approximate surface area is 157 Å². The summed E-state index contributed by atoms with van der Waals surface area (Å²) in [7, 11) is 3.67. The summed E-state index contributed by atoms with van der Waals surface area (Å²) in [4.78, 5) is 30.2. The molecule has 1 aromatic heterocycles. The molecule has 0 saturated carbocycles. The van der Waals surface area contributed by atoms with Crippen molar-refractivity contribution in [3.05, 3.63) is 46.8 Å². The molecule has 8 nitrogen and oxygen atoms in total. The summed E-state index contributed by atoms with van der Waals surface area (Å²) < 4.78 is 0. The standard InChI is InChI=1S/C19H23N5O3/c1-20-5-7-23-12-3-4-13(24-8-6-21-2)17-16(12)18(26)11-9-22-10-14(25)15(11)19(17)27/h3-4,9-10,20-21,23-25H,5-8H2,1-2H3. The normalized spacial score (nSPS) is 12.5. The first-order valence-electron chi connectivity index (χ1n) is 8.80. The highest BCUT2D eigenvalue weighted by Crippen LogP contribution is 2.38. The predicted octanol–water partition coefficient (Wildman–Crippen LogP) is 0.825. The van der Waals surface area contributed by atoms with Crippen LogP contribution in [0.1, 0.15) is 31.8 Å². The maximum absolute atomic E-state index is 13.2. The number of nitrogens with one attached hydrogen (secondary N) is 4. The fourth-order valence-electron chi connectivity index (χ4n) is 3.13. The summed E-state index contributed by atoms with van der Waals surface area (Å²) in [5.74, 6) is -0.998. The molecular formula is C19H23N5O3. The van der Waals surface area contributed by atoms with Crippen molar-refractivity contribution < 1.29 is 14.7 Å². The van der Waals surface area contributed by atoms with Crippen LogP contribution in [0, 0.1) is 0 Å². The van der Waals surface area contributed by atoms with Crippen molar-refractivity contribution in [1.82, 2.24) is 15.6 Å². The lowest BCUT2D eigenvalue weighted by Gasteiger charge is -2.24. The van der Waals surface area contributed by atoms with Gasteiger partial charge in [0.15, 0.2) is 5.78 Å². The summed E-state index contributed by atoms with van der Waals surface area (Å²) in [6.07, 6.45) is 2.51. The van der Waals surface area contributed by atoms with Crippen LogP contribution < -0.4 is 21.3 Å². The smallest absolute Gasteiger partial charge is 0.200 e. The molecule has 5 N–H and O–H groups in total. The largest absolute Gasteiger partial charge is 0.506 e. The zero-order chi connectivity index (χ0) is 19.4. The van der Waals surface area contributed by atoms with Gasteiger partial charge in [0.1, 0.15) is 5.75 Å². The summed E-state index contributed by atoms with van der Waals surface area (Å²) >= 11 is 0. The number of hydrogen-bond acceptors (Lipinski definition) is 8. The first-order valence-corrected chi connectivity index (χ1v) is 8.80. The van der Waals surface area contributed by atoms with Crippen molar-refractivity contribution in [2.45, 2.75) is 0 Å². The van der Waals surface area contributed by atoms with Crippen molar-refractivity contribution in [3.63, 3.8) is 0 Å². The van der Waals surface area contributed by atoms with Gasteiger partial charge in [-0.2, -0.15) is 0 Å². The van der Waals surface area contributed by atoms with Crippen LogP contribution in [-0.4, -0.2) is 61.9 Å². The van der Waals surface area contributed by atoms with Crippen LogP contribution in [-0.2, 0) is 0 Å². The second-order valence-corrected chi connectivity index (χ2v) is 6.21. The third-order valence-corrected chi connectivity index (χ3v) is 4.44. The molecule has 0 atom stereocenters. The lowest BCUT2D eigenvalue weighted by atomic mass is 9.82. The van der Waals surface area contributed by atoms with Gasteiger partial charge in [0.2, 0.25) is 5.78 Å². The third-order valence-electron chi connectivity index (χ3n) is 4.44. The van der Waals surface area contributed by atoms with Crippen LogP contribution in [0.4, 0.5) is 11.4 Å². The molecule has 2 aromatic rings. The molecule has 0 amide bonds. The maximum atomic E-state index is 13.2. The second kappa shape index (κ2) is 8.15.